The standard InChI is InChI=1S/C21H24N2O7S/c1-14-5-3-6-16(11-14)23-21(25)15(2)30-20(24)13-22-31(26,27)17-7-8-18-19(12-17)29-10-4-9-28-18/h3,5-8,11-12,15,22H,4,9-10,13H2,1-2H3,(H,23,25). The van der Waals surface area contributed by atoms with Gasteiger partial charge in [-0.05, 0) is 43.7 Å². The third-order valence-electron chi connectivity index (χ3n) is 4.40. The first-order valence-corrected chi connectivity index (χ1v) is 11.2. The van der Waals surface area contributed by atoms with Crippen LogP contribution in [0.2, 0.25) is 0 Å². The van der Waals surface area contributed by atoms with Gasteiger partial charge in [-0.15, -0.1) is 0 Å². The largest absolute Gasteiger partial charge is 0.490 e. The minimum atomic E-state index is -4.00. The summed E-state index contributed by atoms with van der Waals surface area (Å²) in [6.45, 7) is 3.56. The molecule has 0 aromatic heterocycles. The van der Waals surface area contributed by atoms with Gasteiger partial charge in [-0.1, -0.05) is 12.1 Å². The number of benzene rings is 2. The molecule has 1 amide bonds. The van der Waals surface area contributed by atoms with Gasteiger partial charge in [0, 0.05) is 18.2 Å². The topological polar surface area (TPSA) is 120 Å². The molecule has 1 heterocycles. The number of ether oxygens (including phenoxy) is 3. The van der Waals surface area contributed by atoms with E-state index < -0.39 is 34.5 Å². The Balaban J connectivity index is 1.54. The van der Waals surface area contributed by atoms with Crippen molar-refractivity contribution in [3.05, 3.63) is 48.0 Å². The van der Waals surface area contributed by atoms with Gasteiger partial charge in [0.05, 0.1) is 18.1 Å². The molecule has 9 nitrogen and oxygen atoms in total. The molecule has 166 valence electrons. The van der Waals surface area contributed by atoms with Gasteiger partial charge in [-0.25, -0.2) is 8.42 Å². The lowest BCUT2D eigenvalue weighted by molar-refractivity contribution is -0.151. The van der Waals surface area contributed by atoms with Gasteiger partial charge < -0.3 is 19.5 Å². The molecule has 0 radical (unpaired) electrons. The number of fused-ring (bicyclic) bond motifs is 1. The number of rotatable bonds is 7. The summed E-state index contributed by atoms with van der Waals surface area (Å²) in [7, 11) is -4.00. The van der Waals surface area contributed by atoms with Gasteiger partial charge in [0.2, 0.25) is 10.0 Å². The molecule has 3 rings (SSSR count). The Morgan fingerprint density at radius 3 is 2.58 bits per heavy atom. The Labute approximate surface area is 180 Å². The molecule has 1 aliphatic heterocycles. The third-order valence-corrected chi connectivity index (χ3v) is 5.80. The lowest BCUT2D eigenvalue weighted by atomic mass is 10.2. The number of amides is 1. The fraction of sp³-hybridized carbons (Fsp3) is 0.333. The van der Waals surface area contributed by atoms with Gasteiger partial charge in [-0.2, -0.15) is 4.72 Å². The van der Waals surface area contributed by atoms with Gasteiger partial charge in [0.1, 0.15) is 6.54 Å². The van der Waals surface area contributed by atoms with E-state index in [1.54, 1.807) is 18.2 Å². The van der Waals surface area contributed by atoms with Crippen LogP contribution < -0.4 is 19.5 Å². The predicted octanol–water partition coefficient (Wildman–Crippen LogP) is 2.01. The Hall–Kier alpha value is -3.11. The average molecular weight is 448 g/mol. The van der Waals surface area contributed by atoms with Crippen molar-refractivity contribution in [1.82, 2.24) is 4.72 Å². The summed E-state index contributed by atoms with van der Waals surface area (Å²) in [6, 6.07) is 11.4. The second kappa shape index (κ2) is 9.80. The second-order valence-electron chi connectivity index (χ2n) is 6.97. The van der Waals surface area contributed by atoms with Crippen LogP contribution in [-0.4, -0.2) is 46.2 Å². The summed E-state index contributed by atoms with van der Waals surface area (Å²) in [5.74, 6) is -0.622. The zero-order valence-corrected chi connectivity index (χ0v) is 18.0. The molecular weight excluding hydrogens is 424 g/mol. The quantitative estimate of drug-likeness (QED) is 0.622. The van der Waals surface area contributed by atoms with Gasteiger partial charge in [0.15, 0.2) is 17.6 Å². The van der Waals surface area contributed by atoms with Crippen LogP contribution in [0.1, 0.15) is 18.9 Å². The van der Waals surface area contributed by atoms with Crippen molar-refractivity contribution < 1.29 is 32.2 Å². The summed E-state index contributed by atoms with van der Waals surface area (Å²) in [4.78, 5) is 24.2. The van der Waals surface area contributed by atoms with Crippen LogP contribution in [0.5, 0.6) is 11.5 Å². The molecule has 0 aliphatic carbocycles. The fourth-order valence-corrected chi connectivity index (χ4v) is 3.79. The van der Waals surface area contributed by atoms with Crippen molar-refractivity contribution in [2.24, 2.45) is 0 Å². The van der Waals surface area contributed by atoms with E-state index in [4.69, 9.17) is 14.2 Å². The monoisotopic (exact) mass is 448 g/mol. The zero-order valence-electron chi connectivity index (χ0n) is 17.2. The molecule has 10 heteroatoms. The van der Waals surface area contributed by atoms with Crippen molar-refractivity contribution in [1.29, 1.82) is 0 Å². The average Bonchev–Trinajstić information content (AvgIpc) is 2.97. The molecule has 2 N–H and O–H groups in total. The highest BCUT2D eigenvalue weighted by Gasteiger charge is 2.22. The molecule has 0 bridgehead atoms. The van der Waals surface area contributed by atoms with Crippen molar-refractivity contribution in [2.45, 2.75) is 31.3 Å². The minimum Gasteiger partial charge on any atom is -0.490 e. The number of carbonyl (C=O) groups excluding carboxylic acids is 2. The van der Waals surface area contributed by atoms with Crippen molar-refractivity contribution in [3.63, 3.8) is 0 Å². The molecule has 0 saturated heterocycles. The molecule has 1 unspecified atom stereocenters. The first-order chi connectivity index (χ1) is 14.7. The van der Waals surface area contributed by atoms with Crippen LogP contribution in [0, 0.1) is 6.92 Å². The maximum Gasteiger partial charge on any atom is 0.321 e. The van der Waals surface area contributed by atoms with Gasteiger partial charge in [0.25, 0.3) is 5.91 Å². The SMILES string of the molecule is Cc1cccc(NC(=O)C(C)OC(=O)CNS(=O)(=O)c2ccc3c(c2)OCCCO3)c1. The van der Waals surface area contributed by atoms with Crippen LogP contribution in [-0.2, 0) is 24.3 Å². The van der Waals surface area contributed by atoms with Crippen molar-refractivity contribution in [2.75, 3.05) is 25.1 Å². The smallest absolute Gasteiger partial charge is 0.321 e. The summed E-state index contributed by atoms with van der Waals surface area (Å²) >= 11 is 0. The first kappa shape index (κ1) is 22.6. The van der Waals surface area contributed by atoms with Gasteiger partial charge in [-0.3, -0.25) is 9.59 Å². The van der Waals surface area contributed by atoms with E-state index >= 15 is 0 Å². The number of hydrogen-bond acceptors (Lipinski definition) is 7. The third kappa shape index (κ3) is 6.19. The van der Waals surface area contributed by atoms with E-state index in [0.717, 1.165) is 5.56 Å². The molecule has 1 aliphatic rings. The van der Waals surface area contributed by atoms with E-state index in [1.165, 1.54) is 25.1 Å². The fourth-order valence-electron chi connectivity index (χ4n) is 2.81. The molecule has 2 aromatic carbocycles. The second-order valence-corrected chi connectivity index (χ2v) is 8.74. The molecule has 0 saturated carbocycles. The molecule has 2 aromatic rings. The van der Waals surface area contributed by atoms with Crippen molar-refractivity contribution >= 4 is 27.6 Å². The Kier molecular flexibility index (Phi) is 7.13. The van der Waals surface area contributed by atoms with Crippen LogP contribution in [0.4, 0.5) is 5.69 Å². The normalized spacial score (nSPS) is 14.3. The maximum atomic E-state index is 12.5. The predicted molar refractivity (Wildman–Crippen MR) is 113 cm³/mol. The molecule has 1 atom stereocenters. The lowest BCUT2D eigenvalue weighted by Gasteiger charge is -2.14. The summed E-state index contributed by atoms with van der Waals surface area (Å²) in [6.07, 6.45) is -0.410. The number of esters is 1. The number of nitrogens with one attached hydrogen (secondary N) is 2. The van der Waals surface area contributed by atoms with Crippen LogP contribution in [0.25, 0.3) is 0 Å². The summed E-state index contributed by atoms with van der Waals surface area (Å²) < 4.78 is 43.2. The van der Waals surface area contributed by atoms with E-state index in [2.05, 4.69) is 10.0 Å². The highest BCUT2D eigenvalue weighted by Crippen LogP contribution is 2.31. The Bertz CT molecular complexity index is 1070. The lowest BCUT2D eigenvalue weighted by Crippen LogP contribution is -2.35. The number of aryl methyl sites for hydroxylation is 1. The van der Waals surface area contributed by atoms with E-state index in [0.29, 0.717) is 36.8 Å². The first-order valence-electron chi connectivity index (χ1n) is 9.71. The minimum absolute atomic E-state index is 0.0743. The number of carbonyl (C=O) groups is 2. The summed E-state index contributed by atoms with van der Waals surface area (Å²) in [5.41, 5.74) is 1.54. The Morgan fingerprint density at radius 1 is 1.10 bits per heavy atom. The number of hydrogen-bond donors (Lipinski definition) is 2. The van der Waals surface area contributed by atoms with Crippen LogP contribution in [0.15, 0.2) is 47.4 Å². The van der Waals surface area contributed by atoms with E-state index in [-0.39, 0.29) is 4.90 Å². The van der Waals surface area contributed by atoms with Crippen LogP contribution >= 0.6 is 0 Å². The molecule has 31 heavy (non-hydrogen) atoms. The number of anilines is 1. The number of sulfonamides is 1. The maximum absolute atomic E-state index is 12.5. The van der Waals surface area contributed by atoms with Crippen LogP contribution in [0.3, 0.4) is 0 Å². The van der Waals surface area contributed by atoms with Gasteiger partial charge >= 0.3 is 5.97 Å². The van der Waals surface area contributed by atoms with Crippen molar-refractivity contribution in [3.8, 4) is 11.5 Å². The van der Waals surface area contributed by atoms with E-state index in [1.807, 2.05) is 13.0 Å². The summed E-state index contributed by atoms with van der Waals surface area (Å²) in [5, 5.41) is 2.64. The molecular formula is C21H24N2O7S. The highest BCUT2D eigenvalue weighted by atomic mass is 32.2. The zero-order chi connectivity index (χ0) is 22.4. The molecule has 0 fully saturated rings. The molecule has 0 spiro atoms. The van der Waals surface area contributed by atoms with E-state index in [9.17, 15) is 18.0 Å². The highest BCUT2D eigenvalue weighted by molar-refractivity contribution is 7.89. The Morgan fingerprint density at radius 2 is 1.84 bits per heavy atom.